The summed E-state index contributed by atoms with van der Waals surface area (Å²) in [6, 6.07) is 10.6. The largest absolute Gasteiger partial charge is 0.307 e. The highest BCUT2D eigenvalue weighted by molar-refractivity contribution is 6.01. The standard InChI is InChI=1S/C17H17N3O3/c1-12(2)14-6-3-13(4-7-14)5-10-17(21)19-16-9-8-15(11-18-16)20(22)23/h3-12H,1-2H3,(H,18,19,21)/b10-5+. The van der Waals surface area contributed by atoms with Crippen molar-refractivity contribution in [1.29, 1.82) is 0 Å². The molecule has 0 unspecified atom stereocenters. The van der Waals surface area contributed by atoms with E-state index in [1.807, 2.05) is 24.3 Å². The van der Waals surface area contributed by atoms with Crippen LogP contribution in [-0.2, 0) is 4.79 Å². The lowest BCUT2D eigenvalue weighted by Gasteiger charge is -2.04. The van der Waals surface area contributed by atoms with Gasteiger partial charge in [-0.1, -0.05) is 38.1 Å². The number of benzene rings is 1. The molecule has 1 N–H and O–H groups in total. The molecule has 2 aromatic rings. The molecule has 0 saturated carbocycles. The zero-order valence-electron chi connectivity index (χ0n) is 12.9. The number of aromatic nitrogens is 1. The Morgan fingerprint density at radius 3 is 2.43 bits per heavy atom. The lowest BCUT2D eigenvalue weighted by molar-refractivity contribution is -0.385. The lowest BCUT2D eigenvalue weighted by Crippen LogP contribution is -2.09. The van der Waals surface area contributed by atoms with Crippen LogP contribution in [-0.4, -0.2) is 15.8 Å². The molecule has 1 amide bonds. The molecule has 1 heterocycles. The Labute approximate surface area is 134 Å². The molecule has 0 aliphatic heterocycles. The fourth-order valence-corrected chi connectivity index (χ4v) is 1.90. The lowest BCUT2D eigenvalue weighted by atomic mass is 10.0. The summed E-state index contributed by atoms with van der Waals surface area (Å²) in [6.07, 6.45) is 4.20. The van der Waals surface area contributed by atoms with Gasteiger partial charge in [0.15, 0.2) is 0 Å². The molecule has 0 atom stereocenters. The topological polar surface area (TPSA) is 85.1 Å². The predicted molar refractivity (Wildman–Crippen MR) is 89.1 cm³/mol. The first-order valence-electron chi connectivity index (χ1n) is 7.15. The maximum absolute atomic E-state index is 11.8. The summed E-state index contributed by atoms with van der Waals surface area (Å²) in [5.41, 5.74) is 2.03. The molecule has 6 nitrogen and oxygen atoms in total. The maximum atomic E-state index is 11.8. The molecule has 0 aliphatic rings. The van der Waals surface area contributed by atoms with Crippen molar-refractivity contribution >= 4 is 23.5 Å². The number of amides is 1. The minimum Gasteiger partial charge on any atom is -0.307 e. The molecule has 1 aromatic carbocycles. The molecule has 1 aromatic heterocycles. The number of rotatable bonds is 5. The molecule has 6 heteroatoms. The van der Waals surface area contributed by atoms with Gasteiger partial charge in [-0.05, 0) is 29.2 Å². The van der Waals surface area contributed by atoms with Crippen LogP contribution in [0.2, 0.25) is 0 Å². The highest BCUT2D eigenvalue weighted by Gasteiger charge is 2.06. The van der Waals surface area contributed by atoms with Gasteiger partial charge in [-0.15, -0.1) is 0 Å². The Kier molecular flexibility index (Phi) is 5.19. The van der Waals surface area contributed by atoms with Crippen molar-refractivity contribution in [2.45, 2.75) is 19.8 Å². The molecule has 0 spiro atoms. The van der Waals surface area contributed by atoms with Gasteiger partial charge in [0.05, 0.1) is 4.92 Å². The fraction of sp³-hybridized carbons (Fsp3) is 0.176. The third kappa shape index (κ3) is 4.74. The minimum absolute atomic E-state index is 0.121. The van der Waals surface area contributed by atoms with Crippen molar-refractivity contribution in [2.75, 3.05) is 5.32 Å². The second-order valence-electron chi connectivity index (χ2n) is 5.30. The number of nitro groups is 1. The Morgan fingerprint density at radius 1 is 1.22 bits per heavy atom. The molecular formula is C17H17N3O3. The second-order valence-corrected chi connectivity index (χ2v) is 5.30. The zero-order valence-corrected chi connectivity index (χ0v) is 12.9. The predicted octanol–water partition coefficient (Wildman–Crippen LogP) is 3.77. The van der Waals surface area contributed by atoms with E-state index in [1.165, 1.54) is 23.8 Å². The number of anilines is 1. The Bertz CT molecular complexity index is 720. The van der Waals surface area contributed by atoms with Crippen LogP contribution >= 0.6 is 0 Å². The Hall–Kier alpha value is -3.02. The van der Waals surface area contributed by atoms with Crippen molar-refractivity contribution in [1.82, 2.24) is 4.98 Å². The number of carbonyl (C=O) groups excluding carboxylic acids is 1. The number of hydrogen-bond acceptors (Lipinski definition) is 4. The third-order valence-electron chi connectivity index (χ3n) is 3.24. The summed E-state index contributed by atoms with van der Waals surface area (Å²) in [7, 11) is 0. The molecule has 0 radical (unpaired) electrons. The van der Waals surface area contributed by atoms with Crippen molar-refractivity contribution in [3.63, 3.8) is 0 Å². The van der Waals surface area contributed by atoms with E-state index in [0.717, 1.165) is 11.8 Å². The summed E-state index contributed by atoms with van der Waals surface area (Å²) >= 11 is 0. The van der Waals surface area contributed by atoms with Gasteiger partial charge < -0.3 is 5.32 Å². The van der Waals surface area contributed by atoms with Crippen molar-refractivity contribution in [3.05, 3.63) is 69.9 Å². The van der Waals surface area contributed by atoms with Crippen LogP contribution < -0.4 is 5.32 Å². The van der Waals surface area contributed by atoms with Gasteiger partial charge in [0.25, 0.3) is 5.69 Å². The number of hydrogen-bond donors (Lipinski definition) is 1. The van der Waals surface area contributed by atoms with Crippen molar-refractivity contribution in [3.8, 4) is 0 Å². The van der Waals surface area contributed by atoms with Gasteiger partial charge >= 0.3 is 0 Å². The number of pyridine rings is 1. The molecule has 0 aliphatic carbocycles. The molecule has 0 bridgehead atoms. The highest BCUT2D eigenvalue weighted by atomic mass is 16.6. The average Bonchev–Trinajstić information content (AvgIpc) is 2.54. The number of nitrogens with one attached hydrogen (secondary N) is 1. The minimum atomic E-state index is -0.542. The van der Waals surface area contributed by atoms with Crippen LogP contribution in [0.25, 0.3) is 6.08 Å². The summed E-state index contributed by atoms with van der Waals surface area (Å²) in [5.74, 6) is 0.379. The van der Waals surface area contributed by atoms with E-state index in [2.05, 4.69) is 24.1 Å². The van der Waals surface area contributed by atoms with Crippen LogP contribution in [0.4, 0.5) is 11.5 Å². The van der Waals surface area contributed by atoms with Gasteiger partial charge in [0, 0.05) is 12.1 Å². The highest BCUT2D eigenvalue weighted by Crippen LogP contribution is 2.15. The molecule has 0 saturated heterocycles. The maximum Gasteiger partial charge on any atom is 0.287 e. The smallest absolute Gasteiger partial charge is 0.287 e. The Morgan fingerprint density at radius 2 is 1.91 bits per heavy atom. The van der Waals surface area contributed by atoms with Gasteiger partial charge in [-0.2, -0.15) is 0 Å². The van der Waals surface area contributed by atoms with E-state index in [0.29, 0.717) is 5.92 Å². The van der Waals surface area contributed by atoms with E-state index in [1.54, 1.807) is 6.08 Å². The summed E-state index contributed by atoms with van der Waals surface area (Å²) in [4.78, 5) is 25.6. The first kappa shape index (κ1) is 16.4. The van der Waals surface area contributed by atoms with E-state index in [9.17, 15) is 14.9 Å². The van der Waals surface area contributed by atoms with Crippen LogP contribution in [0.15, 0.2) is 48.7 Å². The first-order valence-corrected chi connectivity index (χ1v) is 7.15. The van der Waals surface area contributed by atoms with Gasteiger partial charge in [0.1, 0.15) is 12.0 Å². The van der Waals surface area contributed by atoms with Crippen molar-refractivity contribution in [2.24, 2.45) is 0 Å². The zero-order chi connectivity index (χ0) is 16.8. The second kappa shape index (κ2) is 7.31. The van der Waals surface area contributed by atoms with E-state index in [-0.39, 0.29) is 17.4 Å². The normalized spacial score (nSPS) is 10.9. The van der Waals surface area contributed by atoms with Gasteiger partial charge in [-0.25, -0.2) is 4.98 Å². The quantitative estimate of drug-likeness (QED) is 0.517. The van der Waals surface area contributed by atoms with E-state index < -0.39 is 4.92 Å². The van der Waals surface area contributed by atoms with Gasteiger partial charge in [-0.3, -0.25) is 14.9 Å². The van der Waals surface area contributed by atoms with E-state index in [4.69, 9.17) is 0 Å². The fourth-order valence-electron chi connectivity index (χ4n) is 1.90. The van der Waals surface area contributed by atoms with Crippen LogP contribution in [0, 0.1) is 10.1 Å². The SMILES string of the molecule is CC(C)c1ccc(/C=C/C(=O)Nc2ccc([N+](=O)[O-])cn2)cc1. The van der Waals surface area contributed by atoms with Crippen LogP contribution in [0.5, 0.6) is 0 Å². The summed E-state index contributed by atoms with van der Waals surface area (Å²) in [6.45, 7) is 4.24. The Balaban J connectivity index is 1.97. The molecule has 0 fully saturated rings. The third-order valence-corrected chi connectivity index (χ3v) is 3.24. The monoisotopic (exact) mass is 311 g/mol. The molecule has 23 heavy (non-hydrogen) atoms. The van der Waals surface area contributed by atoms with Crippen LogP contribution in [0.3, 0.4) is 0 Å². The number of carbonyl (C=O) groups is 1. The summed E-state index contributed by atoms with van der Waals surface area (Å²) < 4.78 is 0. The molecule has 118 valence electrons. The first-order chi connectivity index (χ1) is 11.0. The molecular weight excluding hydrogens is 294 g/mol. The van der Waals surface area contributed by atoms with Crippen molar-refractivity contribution < 1.29 is 9.72 Å². The van der Waals surface area contributed by atoms with E-state index >= 15 is 0 Å². The summed E-state index contributed by atoms with van der Waals surface area (Å²) in [5, 5.41) is 13.1. The van der Waals surface area contributed by atoms with Crippen LogP contribution in [0.1, 0.15) is 30.9 Å². The molecule has 2 rings (SSSR count). The average molecular weight is 311 g/mol. The van der Waals surface area contributed by atoms with Gasteiger partial charge in [0.2, 0.25) is 5.91 Å². The number of nitrogens with zero attached hydrogens (tertiary/aromatic N) is 2.